The first-order chi connectivity index (χ1) is 13.7. The van der Waals surface area contributed by atoms with Crippen molar-refractivity contribution in [3.05, 3.63) is 53.6 Å². The van der Waals surface area contributed by atoms with E-state index in [1.165, 1.54) is 23.9 Å². The second-order valence-corrected chi connectivity index (χ2v) is 10.4. The number of aryl methyl sites for hydroxylation is 1. The second kappa shape index (κ2) is 9.00. The molecule has 0 unspecified atom stereocenters. The lowest BCUT2D eigenvalue weighted by Gasteiger charge is -2.14. The van der Waals surface area contributed by atoms with Crippen LogP contribution in [-0.4, -0.2) is 31.7 Å². The van der Waals surface area contributed by atoms with Crippen molar-refractivity contribution in [1.29, 1.82) is 0 Å². The second-order valence-electron chi connectivity index (χ2n) is 7.19. The molecule has 0 radical (unpaired) electrons. The Balaban J connectivity index is 1.65. The van der Waals surface area contributed by atoms with Gasteiger partial charge >= 0.3 is 0 Å². The van der Waals surface area contributed by atoms with Gasteiger partial charge in [-0.15, -0.1) is 11.8 Å². The molecule has 0 spiro atoms. The van der Waals surface area contributed by atoms with E-state index in [1.54, 1.807) is 13.0 Å². The van der Waals surface area contributed by atoms with Crippen molar-refractivity contribution in [2.45, 2.75) is 36.6 Å². The number of benzene rings is 2. The number of thioether (sulfide) groups is 1. The van der Waals surface area contributed by atoms with Crippen LogP contribution in [-0.2, 0) is 26.0 Å². The van der Waals surface area contributed by atoms with Crippen LogP contribution in [0.4, 0.5) is 5.69 Å². The van der Waals surface area contributed by atoms with Crippen molar-refractivity contribution in [2.75, 3.05) is 16.8 Å². The Labute approximate surface area is 175 Å². The maximum Gasteiger partial charge on any atom is 0.225 e. The average Bonchev–Trinajstić information content (AvgIpc) is 2.86. The lowest BCUT2D eigenvalue weighted by molar-refractivity contribution is -0.124. The highest BCUT2D eigenvalue weighted by Gasteiger charge is 2.25. The molecule has 1 atom stereocenters. The van der Waals surface area contributed by atoms with E-state index in [1.807, 2.05) is 31.2 Å². The molecule has 8 heteroatoms. The fourth-order valence-corrected chi connectivity index (χ4v) is 5.47. The van der Waals surface area contributed by atoms with E-state index < -0.39 is 15.8 Å². The molecule has 1 aliphatic heterocycles. The third-order valence-corrected chi connectivity index (χ3v) is 7.66. The molecule has 2 amide bonds. The zero-order valence-electron chi connectivity index (χ0n) is 16.4. The molecule has 0 bridgehead atoms. The van der Waals surface area contributed by atoms with E-state index in [0.717, 1.165) is 16.0 Å². The van der Waals surface area contributed by atoms with Gasteiger partial charge in [0, 0.05) is 29.5 Å². The van der Waals surface area contributed by atoms with Gasteiger partial charge in [-0.25, -0.2) is 8.42 Å². The highest BCUT2D eigenvalue weighted by molar-refractivity contribution is 7.99. The Morgan fingerprint density at radius 2 is 1.93 bits per heavy atom. The van der Waals surface area contributed by atoms with E-state index in [2.05, 4.69) is 10.6 Å². The Morgan fingerprint density at radius 3 is 2.66 bits per heavy atom. The number of hydrogen-bond donors (Lipinski definition) is 2. The Kier molecular flexibility index (Phi) is 6.64. The molecule has 1 aliphatic rings. The van der Waals surface area contributed by atoms with Crippen LogP contribution in [0.3, 0.4) is 0 Å². The van der Waals surface area contributed by atoms with Crippen LogP contribution in [0.2, 0.25) is 0 Å². The summed E-state index contributed by atoms with van der Waals surface area (Å²) in [5.74, 6) is -0.786. The zero-order valence-corrected chi connectivity index (χ0v) is 18.0. The van der Waals surface area contributed by atoms with Gasteiger partial charge in [-0.3, -0.25) is 9.59 Å². The van der Waals surface area contributed by atoms with E-state index in [0.29, 0.717) is 24.4 Å². The number of rotatable bonds is 6. The van der Waals surface area contributed by atoms with Crippen LogP contribution >= 0.6 is 11.8 Å². The third-order valence-electron chi connectivity index (χ3n) is 4.68. The zero-order chi connectivity index (χ0) is 21.0. The van der Waals surface area contributed by atoms with E-state index >= 15 is 0 Å². The molecule has 1 heterocycles. The number of fused-ring (bicyclic) bond motifs is 1. The number of carbonyl (C=O) groups is 2. The molecule has 3 rings (SSSR count). The Hall–Kier alpha value is -2.32. The van der Waals surface area contributed by atoms with Crippen LogP contribution in [0.15, 0.2) is 52.3 Å². The molecule has 0 aliphatic carbocycles. The topological polar surface area (TPSA) is 92.3 Å². The van der Waals surface area contributed by atoms with Crippen LogP contribution < -0.4 is 10.6 Å². The normalized spacial score (nSPS) is 15.0. The number of anilines is 1. The van der Waals surface area contributed by atoms with Gasteiger partial charge in [-0.1, -0.05) is 36.8 Å². The Bertz CT molecular complexity index is 1020. The summed E-state index contributed by atoms with van der Waals surface area (Å²) in [5, 5.41) is 5.54. The van der Waals surface area contributed by atoms with Crippen molar-refractivity contribution >= 4 is 39.1 Å². The fraction of sp³-hybridized carbons (Fsp3) is 0.333. The molecule has 0 saturated carbocycles. The van der Waals surface area contributed by atoms with Gasteiger partial charge < -0.3 is 10.6 Å². The average molecular weight is 433 g/mol. The van der Waals surface area contributed by atoms with Gasteiger partial charge in [0.2, 0.25) is 11.8 Å². The number of carbonyl (C=O) groups excluding carboxylic acids is 2. The minimum atomic E-state index is -3.68. The van der Waals surface area contributed by atoms with Crippen molar-refractivity contribution in [1.82, 2.24) is 5.32 Å². The first-order valence-electron chi connectivity index (χ1n) is 9.37. The van der Waals surface area contributed by atoms with Crippen molar-refractivity contribution in [3.8, 4) is 0 Å². The fourth-order valence-electron chi connectivity index (χ4n) is 2.96. The van der Waals surface area contributed by atoms with E-state index in [9.17, 15) is 18.0 Å². The first-order valence-corrected chi connectivity index (χ1v) is 12.0. The van der Waals surface area contributed by atoms with E-state index in [4.69, 9.17) is 0 Å². The summed E-state index contributed by atoms with van der Waals surface area (Å²) in [6, 6.07) is 12.5. The standard InChI is InChI=1S/C21H24N2O4S2/c1-14-3-5-16(6-4-14)12-22-21(25)15(2)13-29(26,27)17-7-8-19-18(11-17)23-20(24)9-10-28-19/h3-8,11,15H,9-10,12-13H2,1-2H3,(H,22,25)(H,23,24)/t15-/m1/s1. The lowest BCUT2D eigenvalue weighted by atomic mass is 10.1. The van der Waals surface area contributed by atoms with Gasteiger partial charge in [0.05, 0.1) is 16.3 Å². The summed E-state index contributed by atoms with van der Waals surface area (Å²) in [4.78, 5) is 25.1. The molecular formula is C21H24N2O4S2. The predicted molar refractivity (Wildman–Crippen MR) is 115 cm³/mol. The van der Waals surface area contributed by atoms with Gasteiger partial charge in [-0.05, 0) is 30.7 Å². The van der Waals surface area contributed by atoms with Crippen LogP contribution in [0.5, 0.6) is 0 Å². The van der Waals surface area contributed by atoms with Crippen molar-refractivity contribution in [3.63, 3.8) is 0 Å². The summed E-state index contributed by atoms with van der Waals surface area (Å²) in [6.07, 6.45) is 0.389. The predicted octanol–water partition coefficient (Wildman–Crippen LogP) is 3.16. The number of nitrogens with one attached hydrogen (secondary N) is 2. The number of sulfone groups is 1. The molecule has 2 aromatic carbocycles. The minimum absolute atomic E-state index is 0.109. The molecule has 2 N–H and O–H groups in total. The maximum absolute atomic E-state index is 12.8. The lowest BCUT2D eigenvalue weighted by Crippen LogP contribution is -2.32. The minimum Gasteiger partial charge on any atom is -0.352 e. The van der Waals surface area contributed by atoms with Crippen LogP contribution in [0.1, 0.15) is 24.5 Å². The maximum atomic E-state index is 12.8. The summed E-state index contributed by atoms with van der Waals surface area (Å²) < 4.78 is 25.6. The Morgan fingerprint density at radius 1 is 1.21 bits per heavy atom. The number of amides is 2. The van der Waals surface area contributed by atoms with Gasteiger partial charge in [0.1, 0.15) is 0 Å². The molecule has 6 nitrogen and oxygen atoms in total. The molecule has 0 saturated heterocycles. The summed E-state index contributed by atoms with van der Waals surface area (Å²) >= 11 is 1.51. The molecule has 0 fully saturated rings. The molecule has 0 aromatic heterocycles. The SMILES string of the molecule is Cc1ccc(CNC(=O)[C@H](C)CS(=O)(=O)c2ccc3c(c2)NC(=O)CCS3)cc1. The summed E-state index contributed by atoms with van der Waals surface area (Å²) in [7, 11) is -3.68. The van der Waals surface area contributed by atoms with E-state index in [-0.39, 0.29) is 22.5 Å². The third kappa shape index (κ3) is 5.61. The monoisotopic (exact) mass is 432 g/mol. The largest absolute Gasteiger partial charge is 0.352 e. The van der Waals surface area contributed by atoms with Gasteiger partial charge in [-0.2, -0.15) is 0 Å². The first kappa shape index (κ1) is 21.4. The van der Waals surface area contributed by atoms with Gasteiger partial charge in [0.25, 0.3) is 0 Å². The highest BCUT2D eigenvalue weighted by atomic mass is 32.2. The molecule has 29 heavy (non-hydrogen) atoms. The summed E-state index contributed by atoms with van der Waals surface area (Å²) in [6.45, 7) is 3.94. The number of hydrogen-bond acceptors (Lipinski definition) is 5. The molecule has 154 valence electrons. The van der Waals surface area contributed by atoms with Gasteiger partial charge in [0.15, 0.2) is 9.84 Å². The molecular weight excluding hydrogens is 408 g/mol. The highest BCUT2D eigenvalue weighted by Crippen LogP contribution is 2.33. The van der Waals surface area contributed by atoms with Crippen LogP contribution in [0.25, 0.3) is 0 Å². The van der Waals surface area contributed by atoms with Crippen molar-refractivity contribution < 1.29 is 18.0 Å². The quantitative estimate of drug-likeness (QED) is 0.732. The molecule has 2 aromatic rings. The summed E-state index contributed by atoms with van der Waals surface area (Å²) in [5.41, 5.74) is 2.60. The van der Waals surface area contributed by atoms with Crippen LogP contribution in [0, 0.1) is 12.8 Å². The smallest absolute Gasteiger partial charge is 0.225 e. The van der Waals surface area contributed by atoms with Crippen molar-refractivity contribution in [2.24, 2.45) is 5.92 Å².